The van der Waals surface area contributed by atoms with Crippen LogP contribution in [-0.2, 0) is 25.3 Å². The molecule has 3 fully saturated rings. The minimum atomic E-state index is -2.43. The van der Waals surface area contributed by atoms with Gasteiger partial charge in [0, 0.05) is 12.6 Å². The second kappa shape index (κ2) is 14.5. The number of amides is 4. The number of carbonyl (C=O) groups is 3. The largest absolute Gasteiger partial charge is 0.444 e. The van der Waals surface area contributed by atoms with Crippen LogP contribution in [0.5, 0.6) is 0 Å². The molecule has 3 aliphatic rings. The molecule has 15 heteroatoms. The van der Waals surface area contributed by atoms with Crippen LogP contribution in [0.25, 0.3) is 0 Å². The normalized spacial score (nSPS) is 20.4. The number of hydrogen-bond acceptors (Lipinski definition) is 10. The topological polar surface area (TPSA) is 157 Å². The number of aliphatic imine (C=N–C) groups is 1. The summed E-state index contributed by atoms with van der Waals surface area (Å²) in [5.74, 6) is 0.257. The maximum atomic E-state index is 13.8. The summed E-state index contributed by atoms with van der Waals surface area (Å²) in [6.07, 6.45) is 0.435. The minimum absolute atomic E-state index is 0.0243. The van der Waals surface area contributed by atoms with Crippen LogP contribution in [0.2, 0.25) is 18.1 Å². The third kappa shape index (κ3) is 9.52. The molecule has 1 aromatic carbocycles. The fourth-order valence-corrected chi connectivity index (χ4v) is 7.43. The van der Waals surface area contributed by atoms with Gasteiger partial charge in [-0.1, -0.05) is 56.3 Å². The van der Waals surface area contributed by atoms with E-state index in [1.807, 2.05) is 41.3 Å². The molecule has 2 aliphatic heterocycles. The van der Waals surface area contributed by atoms with Gasteiger partial charge in [-0.2, -0.15) is 5.06 Å². The van der Waals surface area contributed by atoms with Crippen molar-refractivity contribution in [1.29, 1.82) is 0 Å². The van der Waals surface area contributed by atoms with Crippen LogP contribution in [0.4, 0.5) is 14.4 Å². The van der Waals surface area contributed by atoms with Crippen molar-refractivity contribution in [3.05, 3.63) is 53.4 Å². The van der Waals surface area contributed by atoms with E-state index in [-0.39, 0.29) is 41.1 Å². The molecule has 4 amide bonds. The van der Waals surface area contributed by atoms with Crippen molar-refractivity contribution in [3.8, 4) is 0 Å². The number of ether oxygens (including phenoxy) is 2. The summed E-state index contributed by atoms with van der Waals surface area (Å²) in [4.78, 5) is 51.9. The third-order valence-corrected chi connectivity index (χ3v) is 14.5. The van der Waals surface area contributed by atoms with Gasteiger partial charge in [-0.3, -0.25) is 15.5 Å². The first kappa shape index (κ1) is 39.3. The Bertz CT molecular complexity index is 1610. The first-order chi connectivity index (χ1) is 24.1. The van der Waals surface area contributed by atoms with E-state index in [4.69, 9.17) is 23.3 Å². The Morgan fingerprint density at radius 3 is 2.13 bits per heavy atom. The quantitative estimate of drug-likeness (QED) is 0.150. The molecule has 3 atom stereocenters. The van der Waals surface area contributed by atoms with Crippen LogP contribution < -0.4 is 10.6 Å². The zero-order valence-electron chi connectivity index (χ0n) is 32.5. The van der Waals surface area contributed by atoms with Gasteiger partial charge in [0.25, 0.3) is 0 Å². The van der Waals surface area contributed by atoms with E-state index >= 15 is 0 Å². The van der Waals surface area contributed by atoms with Crippen LogP contribution in [0, 0.1) is 5.41 Å². The number of carbonyl (C=O) groups excluding carboxylic acids is 3. The summed E-state index contributed by atoms with van der Waals surface area (Å²) in [6, 6.07) is 11.2. The van der Waals surface area contributed by atoms with Gasteiger partial charge in [-0.05, 0) is 89.9 Å². The Balaban J connectivity index is 1.40. The number of benzene rings is 1. The van der Waals surface area contributed by atoms with Crippen molar-refractivity contribution in [1.82, 2.24) is 25.8 Å². The van der Waals surface area contributed by atoms with Gasteiger partial charge in [0.1, 0.15) is 29.6 Å². The summed E-state index contributed by atoms with van der Waals surface area (Å²) in [5.41, 5.74) is 0.0107. The maximum Gasteiger partial charge on any atom is 0.414 e. The molecule has 2 bridgehead atoms. The molecule has 1 aliphatic carbocycles. The van der Waals surface area contributed by atoms with Crippen LogP contribution >= 0.6 is 0 Å². The van der Waals surface area contributed by atoms with Crippen LogP contribution in [0.15, 0.2) is 45.9 Å². The van der Waals surface area contributed by atoms with E-state index in [1.165, 1.54) is 0 Å². The lowest BCUT2D eigenvalue weighted by atomic mass is 9.84. The van der Waals surface area contributed by atoms with Crippen molar-refractivity contribution in [2.24, 2.45) is 10.4 Å². The standard InChI is InChI=1S/C37H56N6O8Si/c1-34(2,3)48-31(44)39-30(40-32(45)49-35(4,5)6)38-21-28(51-52(10,11)36(7,8)9)27-19-25(41-50-27)26-20-37(17-18-37)29-22-42(26)33(46)43(29)47-23-24-15-13-12-14-16-24/h12-16,19,26,28-29H,17-18,20-23H2,1-11H3,(H2,38,39,40,44,45)/t26-,28-,29+/m0/s1. The van der Waals surface area contributed by atoms with E-state index < -0.39 is 37.8 Å². The highest BCUT2D eigenvalue weighted by atomic mass is 28.4. The maximum absolute atomic E-state index is 13.8. The summed E-state index contributed by atoms with van der Waals surface area (Å²) in [5, 5.41) is 11.0. The van der Waals surface area contributed by atoms with Crippen LogP contribution in [-0.4, -0.2) is 77.9 Å². The highest BCUT2D eigenvalue weighted by Gasteiger charge is 2.63. The Labute approximate surface area is 308 Å². The van der Waals surface area contributed by atoms with E-state index in [0.29, 0.717) is 24.6 Å². The van der Waals surface area contributed by atoms with Crippen LogP contribution in [0.3, 0.4) is 0 Å². The average Bonchev–Trinajstić information content (AvgIpc) is 3.47. The minimum Gasteiger partial charge on any atom is -0.444 e. The number of aromatic nitrogens is 1. The summed E-state index contributed by atoms with van der Waals surface area (Å²) in [7, 11) is -2.43. The zero-order chi connectivity index (χ0) is 38.3. The monoisotopic (exact) mass is 740 g/mol. The van der Waals surface area contributed by atoms with Gasteiger partial charge in [0.05, 0.1) is 18.6 Å². The second-order valence-corrected chi connectivity index (χ2v) is 22.3. The van der Waals surface area contributed by atoms with Crippen molar-refractivity contribution in [3.63, 3.8) is 0 Å². The number of guanidine groups is 1. The molecule has 3 heterocycles. The van der Waals surface area contributed by atoms with Gasteiger partial charge in [0.15, 0.2) is 14.1 Å². The van der Waals surface area contributed by atoms with Gasteiger partial charge in [-0.15, -0.1) is 0 Å². The zero-order valence-corrected chi connectivity index (χ0v) is 33.5. The Kier molecular flexibility index (Phi) is 10.9. The molecule has 0 radical (unpaired) electrons. The number of nitrogens with zero attached hydrogens (tertiary/aromatic N) is 4. The molecule has 1 spiro atoms. The fourth-order valence-electron chi connectivity index (χ4n) is 6.17. The van der Waals surface area contributed by atoms with E-state index in [0.717, 1.165) is 24.8 Å². The summed E-state index contributed by atoms with van der Waals surface area (Å²) >= 11 is 0. The first-order valence-electron chi connectivity index (χ1n) is 18.0. The van der Waals surface area contributed by atoms with Crippen molar-refractivity contribution < 1.29 is 37.6 Å². The molecule has 1 aromatic heterocycles. The van der Waals surface area contributed by atoms with Crippen molar-refractivity contribution >= 4 is 32.5 Å². The number of nitrogens with one attached hydrogen (secondary N) is 2. The van der Waals surface area contributed by atoms with Gasteiger partial charge in [-0.25, -0.2) is 19.4 Å². The Morgan fingerprint density at radius 2 is 1.60 bits per heavy atom. The number of urea groups is 1. The Morgan fingerprint density at radius 1 is 1.00 bits per heavy atom. The molecular formula is C37H56N6O8Si. The summed E-state index contributed by atoms with van der Waals surface area (Å²) in [6.45, 7) is 21.8. The molecular weight excluding hydrogens is 685 g/mol. The highest BCUT2D eigenvalue weighted by molar-refractivity contribution is 6.74. The lowest BCUT2D eigenvalue weighted by Crippen LogP contribution is -2.47. The number of hydroxylamine groups is 2. The Hall–Kier alpha value is -3.95. The van der Waals surface area contributed by atoms with Gasteiger partial charge < -0.3 is 23.3 Å². The smallest absolute Gasteiger partial charge is 0.414 e. The van der Waals surface area contributed by atoms with Crippen LogP contribution in [0.1, 0.15) is 111 Å². The molecule has 2 aromatic rings. The molecule has 1 saturated carbocycles. The molecule has 14 nitrogen and oxygen atoms in total. The molecule has 286 valence electrons. The predicted octanol–water partition coefficient (Wildman–Crippen LogP) is 7.61. The lowest BCUT2D eigenvalue weighted by Gasteiger charge is -2.38. The number of piperidine rings is 1. The van der Waals surface area contributed by atoms with E-state index in [1.54, 1.807) is 46.6 Å². The third-order valence-electron chi connectivity index (χ3n) is 9.98. The number of fused-ring (bicyclic) bond motifs is 3. The lowest BCUT2D eigenvalue weighted by molar-refractivity contribution is -0.153. The fraction of sp³-hybridized carbons (Fsp3) is 0.649. The number of hydrogen-bond donors (Lipinski definition) is 2. The van der Waals surface area contributed by atoms with Crippen molar-refractivity contribution in [2.75, 3.05) is 13.1 Å². The molecule has 0 unspecified atom stereocenters. The molecule has 2 saturated heterocycles. The van der Waals surface area contributed by atoms with Gasteiger partial charge >= 0.3 is 18.2 Å². The highest BCUT2D eigenvalue weighted by Crippen LogP contribution is 2.62. The number of alkyl carbamates (subject to hydrolysis) is 2. The van der Waals surface area contributed by atoms with Gasteiger partial charge in [0.2, 0.25) is 5.96 Å². The SMILES string of the molecule is CC(C)(C)OC(=O)NC(=NC[C@H](O[Si](C)(C)C(C)(C)C)c1cc([C@@H]2CC3(CC3)[C@H]3CN2C(=O)N3OCc2ccccc2)no1)NC(=O)OC(C)(C)C. The predicted molar refractivity (Wildman–Crippen MR) is 197 cm³/mol. The first-order valence-corrected chi connectivity index (χ1v) is 20.9. The van der Waals surface area contributed by atoms with Crippen molar-refractivity contribution in [2.45, 2.75) is 136 Å². The average molecular weight is 741 g/mol. The van der Waals surface area contributed by atoms with E-state index in [2.05, 4.69) is 54.6 Å². The molecule has 52 heavy (non-hydrogen) atoms. The number of rotatable bonds is 9. The second-order valence-electron chi connectivity index (χ2n) is 17.6. The molecule has 2 N–H and O–H groups in total. The van der Waals surface area contributed by atoms with E-state index in [9.17, 15) is 14.4 Å². The summed E-state index contributed by atoms with van der Waals surface area (Å²) < 4.78 is 23.7. The molecule has 5 rings (SSSR count).